The van der Waals surface area contributed by atoms with Crippen LogP contribution < -0.4 is 5.32 Å². The van der Waals surface area contributed by atoms with Crippen molar-refractivity contribution >= 4 is 23.2 Å². The van der Waals surface area contributed by atoms with Gasteiger partial charge in [0.25, 0.3) is 0 Å². The van der Waals surface area contributed by atoms with Crippen LogP contribution in [0.1, 0.15) is 0 Å². The highest BCUT2D eigenvalue weighted by Crippen LogP contribution is 1.71. The third kappa shape index (κ3) is 6.54. The van der Waals surface area contributed by atoms with E-state index in [1.54, 1.807) is 0 Å². The zero-order valence-corrected chi connectivity index (χ0v) is 5.60. The molecule has 0 aromatic heterocycles. The van der Waals surface area contributed by atoms with E-state index in [2.05, 4.69) is 5.32 Å². The van der Waals surface area contributed by atoms with Crippen molar-refractivity contribution in [3.05, 3.63) is 0 Å². The predicted octanol–water partition coefficient (Wildman–Crippen LogP) is 1.05. The maximum atomic E-state index is 5.33. The smallest absolute Gasteiger partial charge is 0.0348 e. The average molecular weight is 143 g/mol. The summed E-state index contributed by atoms with van der Waals surface area (Å²) in [6.07, 6.45) is 0. The van der Waals surface area contributed by atoms with Crippen LogP contribution >= 0.6 is 23.2 Å². The van der Waals surface area contributed by atoms with Gasteiger partial charge in [-0.15, -0.1) is 23.2 Å². The van der Waals surface area contributed by atoms with Gasteiger partial charge in [0.1, 0.15) is 0 Å². The van der Waals surface area contributed by atoms with E-state index in [0.717, 1.165) is 13.1 Å². The van der Waals surface area contributed by atoms with Crippen LogP contribution in [0.3, 0.4) is 0 Å². The van der Waals surface area contributed by atoms with Crippen molar-refractivity contribution in [1.82, 2.24) is 5.32 Å². The number of halogens is 2. The third-order valence-electron chi connectivity index (χ3n) is 0.543. The molecule has 0 rings (SSSR count). The number of alkyl halides is 2. The second-order valence-electron chi connectivity index (χ2n) is 1.13. The van der Waals surface area contributed by atoms with Crippen LogP contribution in [0.5, 0.6) is 0 Å². The molecule has 0 aliphatic carbocycles. The minimum absolute atomic E-state index is 0.664. The Bertz CT molecular complexity index is 28.9. The highest BCUT2D eigenvalue weighted by molar-refractivity contribution is 6.18. The van der Waals surface area contributed by atoms with Crippen LogP contribution in [-0.4, -0.2) is 24.8 Å². The molecule has 0 fully saturated rings. The normalized spacial score (nSPS) is 9.43. The molecular weight excluding hydrogens is 134 g/mol. The Morgan fingerprint density at radius 3 is 1.71 bits per heavy atom. The molecule has 0 aliphatic heterocycles. The van der Waals surface area contributed by atoms with Crippen molar-refractivity contribution in [2.24, 2.45) is 0 Å². The van der Waals surface area contributed by atoms with Crippen molar-refractivity contribution in [1.29, 1.82) is 0 Å². The average Bonchev–Trinajstić information content (AvgIpc) is 1.69. The summed E-state index contributed by atoms with van der Waals surface area (Å²) in [4.78, 5) is 0. The van der Waals surface area contributed by atoms with Gasteiger partial charge >= 0.3 is 0 Å². The van der Waals surface area contributed by atoms with Crippen LogP contribution in [0.25, 0.3) is 0 Å². The zero-order chi connectivity index (χ0) is 5.54. The Labute approximate surface area is 54.0 Å². The fourth-order valence-corrected chi connectivity index (χ4v) is 0.526. The first-order valence-electron chi connectivity index (χ1n) is 2.24. The van der Waals surface area contributed by atoms with Crippen LogP contribution in [-0.2, 0) is 0 Å². The van der Waals surface area contributed by atoms with E-state index in [1.165, 1.54) is 0 Å². The first-order chi connectivity index (χ1) is 3.41. The Morgan fingerprint density at radius 2 is 1.43 bits per heavy atom. The fraction of sp³-hybridized carbons (Fsp3) is 1.00. The standard InChI is InChI=1S/C4H9Cl2N/c5-1-3-7-4-2-6/h7H,1-4H2/i7+1. The number of nitrogens with one attached hydrogen (secondary N) is 1. The quantitative estimate of drug-likeness (QED) is 0.352. The van der Waals surface area contributed by atoms with E-state index in [9.17, 15) is 0 Å². The minimum Gasteiger partial charge on any atom is -0.314 e. The molecule has 7 heavy (non-hydrogen) atoms. The summed E-state index contributed by atoms with van der Waals surface area (Å²) in [5, 5.41) is 3.02. The van der Waals surface area contributed by atoms with Crippen LogP contribution in [0.15, 0.2) is 0 Å². The lowest BCUT2D eigenvalue weighted by atomic mass is 10.7. The molecule has 1 nitrogen and oxygen atoms in total. The van der Waals surface area contributed by atoms with Gasteiger partial charge in [-0.2, -0.15) is 0 Å². The number of hydrogen-bond donors (Lipinski definition) is 1. The minimum atomic E-state index is 0.664. The highest BCUT2D eigenvalue weighted by Gasteiger charge is 1.78. The van der Waals surface area contributed by atoms with Gasteiger partial charge in [0.2, 0.25) is 0 Å². The van der Waals surface area contributed by atoms with E-state index in [4.69, 9.17) is 23.2 Å². The Kier molecular flexibility index (Phi) is 7.04. The highest BCUT2D eigenvalue weighted by atomic mass is 35.5. The second-order valence-corrected chi connectivity index (χ2v) is 1.88. The molecule has 0 aromatic carbocycles. The number of rotatable bonds is 4. The molecule has 0 spiro atoms. The van der Waals surface area contributed by atoms with E-state index in [1.807, 2.05) is 0 Å². The van der Waals surface area contributed by atoms with Crippen molar-refractivity contribution in [3.8, 4) is 0 Å². The molecule has 0 bridgehead atoms. The van der Waals surface area contributed by atoms with Gasteiger partial charge in [0.15, 0.2) is 0 Å². The lowest BCUT2D eigenvalue weighted by Crippen LogP contribution is -2.18. The molecule has 1 N–H and O–H groups in total. The van der Waals surface area contributed by atoms with Crippen LogP contribution in [0, 0.1) is 0 Å². The van der Waals surface area contributed by atoms with Crippen molar-refractivity contribution < 1.29 is 0 Å². The van der Waals surface area contributed by atoms with Crippen molar-refractivity contribution in [2.45, 2.75) is 0 Å². The van der Waals surface area contributed by atoms with Crippen molar-refractivity contribution in [2.75, 3.05) is 24.8 Å². The summed E-state index contributed by atoms with van der Waals surface area (Å²) >= 11 is 10.7. The molecule has 0 atom stereocenters. The SMILES string of the molecule is ClCC[15NH]CCCl. The van der Waals surface area contributed by atoms with Gasteiger partial charge in [-0.3, -0.25) is 0 Å². The van der Waals surface area contributed by atoms with Gasteiger partial charge in [0.05, 0.1) is 0 Å². The Hall–Kier alpha value is 0.540. The maximum absolute atomic E-state index is 5.33. The number of hydrogen-bond acceptors (Lipinski definition) is 1. The molecule has 0 radical (unpaired) electrons. The lowest BCUT2D eigenvalue weighted by Gasteiger charge is -1.93. The van der Waals surface area contributed by atoms with Crippen molar-refractivity contribution in [3.63, 3.8) is 0 Å². The summed E-state index contributed by atoms with van der Waals surface area (Å²) in [6, 6.07) is 0. The maximum Gasteiger partial charge on any atom is 0.0348 e. The monoisotopic (exact) mass is 142 g/mol. The summed E-state index contributed by atoms with van der Waals surface area (Å²) in [5.41, 5.74) is 0. The van der Waals surface area contributed by atoms with Crippen LogP contribution in [0.2, 0.25) is 0 Å². The first kappa shape index (κ1) is 7.54. The van der Waals surface area contributed by atoms with E-state index < -0.39 is 0 Å². The largest absolute Gasteiger partial charge is 0.314 e. The zero-order valence-electron chi connectivity index (χ0n) is 4.08. The van der Waals surface area contributed by atoms with Gasteiger partial charge in [-0.1, -0.05) is 0 Å². The molecule has 0 aromatic rings. The molecule has 0 heterocycles. The lowest BCUT2D eigenvalue weighted by molar-refractivity contribution is 0.770. The summed E-state index contributed by atoms with van der Waals surface area (Å²) < 4.78 is 0. The summed E-state index contributed by atoms with van der Waals surface area (Å²) in [6.45, 7) is 1.71. The van der Waals surface area contributed by atoms with E-state index in [-0.39, 0.29) is 0 Å². The van der Waals surface area contributed by atoms with Gasteiger partial charge in [-0.05, 0) is 0 Å². The molecular formula is C4H9Cl2N. The first-order valence-corrected chi connectivity index (χ1v) is 3.31. The molecule has 0 unspecified atom stereocenters. The van der Waals surface area contributed by atoms with E-state index >= 15 is 0 Å². The summed E-state index contributed by atoms with van der Waals surface area (Å²) in [5.74, 6) is 1.33. The Balaban J connectivity index is 2.45. The molecule has 3 heteroatoms. The Morgan fingerprint density at radius 1 is 1.00 bits per heavy atom. The second kappa shape index (κ2) is 6.54. The topological polar surface area (TPSA) is 12.0 Å². The van der Waals surface area contributed by atoms with Gasteiger partial charge in [0, 0.05) is 24.8 Å². The molecule has 0 aliphatic rings. The fourth-order valence-electron chi connectivity index (χ4n) is 0.259. The van der Waals surface area contributed by atoms with Gasteiger partial charge < -0.3 is 5.32 Å². The molecule has 0 saturated heterocycles. The van der Waals surface area contributed by atoms with Crippen LogP contribution in [0.4, 0.5) is 0 Å². The van der Waals surface area contributed by atoms with E-state index in [0.29, 0.717) is 11.8 Å². The van der Waals surface area contributed by atoms with Gasteiger partial charge in [-0.25, -0.2) is 0 Å². The molecule has 0 saturated carbocycles. The molecule has 0 amide bonds. The summed E-state index contributed by atoms with van der Waals surface area (Å²) in [7, 11) is 0. The predicted molar refractivity (Wildman–Crippen MR) is 34.3 cm³/mol. The third-order valence-corrected chi connectivity index (χ3v) is 0.921. The molecule has 44 valence electrons.